The number of aromatic nitrogens is 1. The molecule has 0 saturated heterocycles. The molecule has 0 spiro atoms. The van der Waals surface area contributed by atoms with Crippen LogP contribution in [0.15, 0.2) is 34.8 Å². The van der Waals surface area contributed by atoms with E-state index in [0.717, 1.165) is 40.5 Å². The van der Waals surface area contributed by atoms with Crippen LogP contribution in [0, 0.1) is 13.8 Å². The zero-order valence-electron chi connectivity index (χ0n) is 17.2. The molecular formula is C21H28N2O4S. The van der Waals surface area contributed by atoms with Gasteiger partial charge in [0, 0.05) is 11.8 Å². The zero-order chi connectivity index (χ0) is 20.4. The first-order valence-corrected chi connectivity index (χ1v) is 10.1. The van der Waals surface area contributed by atoms with E-state index < -0.39 is 0 Å². The van der Waals surface area contributed by atoms with Crippen molar-refractivity contribution in [3.8, 4) is 16.7 Å². The number of nitrogens with zero attached hydrogens (tertiary/aromatic N) is 2. The van der Waals surface area contributed by atoms with Crippen LogP contribution in [0.4, 0.5) is 0 Å². The number of rotatable bonds is 11. The number of ether oxygens (including phenoxy) is 3. The highest BCUT2D eigenvalue weighted by Crippen LogP contribution is 2.28. The minimum Gasteiger partial charge on any atom is -0.493 e. The molecule has 0 aliphatic carbocycles. The third-order valence-corrected chi connectivity index (χ3v) is 4.61. The van der Waals surface area contributed by atoms with Crippen molar-refractivity contribution in [3.05, 3.63) is 46.5 Å². The molecular weight excluding hydrogens is 376 g/mol. The molecule has 0 saturated carbocycles. The van der Waals surface area contributed by atoms with E-state index in [1.807, 2.05) is 57.4 Å². The molecule has 28 heavy (non-hydrogen) atoms. The molecule has 152 valence electrons. The van der Waals surface area contributed by atoms with Gasteiger partial charge in [-0.1, -0.05) is 28.6 Å². The van der Waals surface area contributed by atoms with Crippen LogP contribution < -0.4 is 14.2 Å². The van der Waals surface area contributed by atoms with Crippen LogP contribution in [0.3, 0.4) is 0 Å². The standard InChI is InChI=1S/C21H28N2O4S/c1-6-7-9-25-18-12-15(2)20(16(3)13-18)26-10-8-11-27-21-22-19(14-28-21)17(4)23-24-5/h6-7,12-14H,8-11H2,1-5H3/b7-6+,23-17+. The summed E-state index contributed by atoms with van der Waals surface area (Å²) < 4.78 is 17.4. The number of thiazole rings is 1. The molecule has 0 amide bonds. The normalized spacial score (nSPS) is 11.7. The van der Waals surface area contributed by atoms with Gasteiger partial charge in [-0.25, -0.2) is 4.98 Å². The second kappa shape index (κ2) is 11.3. The molecule has 0 radical (unpaired) electrons. The summed E-state index contributed by atoms with van der Waals surface area (Å²) in [6.45, 7) is 9.56. The lowest BCUT2D eigenvalue weighted by atomic mass is 10.1. The summed E-state index contributed by atoms with van der Waals surface area (Å²) >= 11 is 1.44. The third-order valence-electron chi connectivity index (χ3n) is 3.86. The minimum atomic E-state index is 0.538. The fraction of sp³-hybridized carbons (Fsp3) is 0.429. The average Bonchev–Trinajstić information content (AvgIpc) is 3.13. The van der Waals surface area contributed by atoms with Crippen molar-refractivity contribution < 1.29 is 19.0 Å². The second-order valence-corrected chi connectivity index (χ2v) is 7.00. The number of benzene rings is 1. The van der Waals surface area contributed by atoms with E-state index in [-0.39, 0.29) is 0 Å². The van der Waals surface area contributed by atoms with E-state index in [1.54, 1.807) is 0 Å². The van der Waals surface area contributed by atoms with Crippen molar-refractivity contribution in [1.82, 2.24) is 4.98 Å². The van der Waals surface area contributed by atoms with Crippen molar-refractivity contribution in [2.24, 2.45) is 5.16 Å². The molecule has 0 aliphatic heterocycles. The topological polar surface area (TPSA) is 62.2 Å². The largest absolute Gasteiger partial charge is 0.493 e. The maximum absolute atomic E-state index is 5.96. The Morgan fingerprint density at radius 2 is 1.86 bits per heavy atom. The van der Waals surface area contributed by atoms with Crippen LogP contribution in [0.1, 0.15) is 37.1 Å². The van der Waals surface area contributed by atoms with Gasteiger partial charge in [0.15, 0.2) is 0 Å². The van der Waals surface area contributed by atoms with E-state index in [1.165, 1.54) is 18.4 Å². The highest BCUT2D eigenvalue weighted by molar-refractivity contribution is 7.11. The molecule has 2 aromatic rings. The average molecular weight is 405 g/mol. The summed E-state index contributed by atoms with van der Waals surface area (Å²) in [5, 5.41) is 6.39. The lowest BCUT2D eigenvalue weighted by Gasteiger charge is -2.14. The molecule has 0 bridgehead atoms. The predicted molar refractivity (Wildman–Crippen MR) is 113 cm³/mol. The molecule has 0 N–H and O–H groups in total. The quantitative estimate of drug-likeness (QED) is 0.230. The summed E-state index contributed by atoms with van der Waals surface area (Å²) in [7, 11) is 1.51. The van der Waals surface area contributed by atoms with Gasteiger partial charge < -0.3 is 19.0 Å². The van der Waals surface area contributed by atoms with Crippen LogP contribution >= 0.6 is 11.3 Å². The highest BCUT2D eigenvalue weighted by Gasteiger charge is 2.09. The summed E-state index contributed by atoms with van der Waals surface area (Å²) in [5.41, 5.74) is 3.62. The number of hydrogen-bond acceptors (Lipinski definition) is 7. The zero-order valence-corrected chi connectivity index (χ0v) is 18.0. The van der Waals surface area contributed by atoms with Crippen molar-refractivity contribution in [2.75, 3.05) is 26.9 Å². The molecule has 0 aliphatic rings. The maximum Gasteiger partial charge on any atom is 0.273 e. The van der Waals surface area contributed by atoms with Crippen molar-refractivity contribution >= 4 is 17.0 Å². The molecule has 1 aromatic carbocycles. The molecule has 6 nitrogen and oxygen atoms in total. The molecule has 2 rings (SSSR count). The van der Waals surface area contributed by atoms with E-state index >= 15 is 0 Å². The fourth-order valence-electron chi connectivity index (χ4n) is 2.53. The fourth-order valence-corrected chi connectivity index (χ4v) is 3.27. The molecule has 1 heterocycles. The number of allylic oxidation sites excluding steroid dienone is 1. The lowest BCUT2D eigenvalue weighted by molar-refractivity contribution is 0.213. The summed E-state index contributed by atoms with van der Waals surface area (Å²) in [5.74, 6) is 1.76. The maximum atomic E-state index is 5.96. The third kappa shape index (κ3) is 6.56. The van der Waals surface area contributed by atoms with Crippen LogP contribution in [0.5, 0.6) is 16.7 Å². The Labute approximate surface area is 170 Å². The second-order valence-electron chi connectivity index (χ2n) is 6.17. The van der Waals surface area contributed by atoms with Gasteiger partial charge in [0.2, 0.25) is 0 Å². The molecule has 7 heteroatoms. The van der Waals surface area contributed by atoms with Crippen molar-refractivity contribution in [2.45, 2.75) is 34.1 Å². The number of oxime groups is 1. The van der Waals surface area contributed by atoms with Gasteiger partial charge in [-0.3, -0.25) is 0 Å². The van der Waals surface area contributed by atoms with E-state index in [9.17, 15) is 0 Å². The van der Waals surface area contributed by atoms with Crippen LogP contribution in [0.25, 0.3) is 0 Å². The first-order valence-electron chi connectivity index (χ1n) is 9.19. The monoisotopic (exact) mass is 404 g/mol. The van der Waals surface area contributed by atoms with Gasteiger partial charge >= 0.3 is 0 Å². The molecule has 0 fully saturated rings. The minimum absolute atomic E-state index is 0.538. The van der Waals surface area contributed by atoms with E-state index in [4.69, 9.17) is 19.0 Å². The molecule has 0 unspecified atom stereocenters. The Morgan fingerprint density at radius 1 is 1.14 bits per heavy atom. The Kier molecular flexibility index (Phi) is 8.81. The van der Waals surface area contributed by atoms with Crippen LogP contribution in [0.2, 0.25) is 0 Å². The first-order chi connectivity index (χ1) is 13.5. The van der Waals surface area contributed by atoms with Crippen LogP contribution in [-0.2, 0) is 4.84 Å². The van der Waals surface area contributed by atoms with Crippen molar-refractivity contribution in [1.29, 1.82) is 0 Å². The Hall–Kier alpha value is -2.54. The van der Waals surface area contributed by atoms with Gasteiger partial charge in [0.25, 0.3) is 5.19 Å². The Balaban J connectivity index is 1.78. The number of hydrogen-bond donors (Lipinski definition) is 0. The highest BCUT2D eigenvalue weighted by atomic mass is 32.1. The molecule has 1 aromatic heterocycles. The predicted octanol–water partition coefficient (Wildman–Crippen LogP) is 4.93. The molecule has 0 atom stereocenters. The summed E-state index contributed by atoms with van der Waals surface area (Å²) in [4.78, 5) is 9.14. The van der Waals surface area contributed by atoms with Gasteiger partial charge in [0.1, 0.15) is 36.6 Å². The smallest absolute Gasteiger partial charge is 0.273 e. The summed E-state index contributed by atoms with van der Waals surface area (Å²) in [6, 6.07) is 4.01. The first kappa shape index (κ1) is 21.8. The lowest BCUT2D eigenvalue weighted by Crippen LogP contribution is -2.07. The van der Waals surface area contributed by atoms with Gasteiger partial charge in [-0.2, -0.15) is 0 Å². The number of aryl methyl sites for hydroxylation is 2. The van der Waals surface area contributed by atoms with E-state index in [2.05, 4.69) is 10.1 Å². The summed E-state index contributed by atoms with van der Waals surface area (Å²) in [6.07, 6.45) is 4.71. The van der Waals surface area contributed by atoms with Gasteiger partial charge in [-0.05, 0) is 51.0 Å². The SMILES string of the molecule is C/C=C/COc1cc(C)c(OCCCOc2nc(/C(C)=N/OC)cs2)c(C)c1. The Morgan fingerprint density at radius 3 is 2.54 bits per heavy atom. The van der Waals surface area contributed by atoms with Gasteiger partial charge in [0.05, 0.1) is 13.2 Å². The van der Waals surface area contributed by atoms with Gasteiger partial charge in [-0.15, -0.1) is 0 Å². The van der Waals surface area contributed by atoms with E-state index in [0.29, 0.717) is 25.0 Å². The van der Waals surface area contributed by atoms with Crippen molar-refractivity contribution in [3.63, 3.8) is 0 Å². The Bertz CT molecular complexity index is 791. The van der Waals surface area contributed by atoms with Crippen LogP contribution in [-0.4, -0.2) is 37.6 Å².